The fraction of sp³-hybridized carbons (Fsp3) is 0.231. The summed E-state index contributed by atoms with van der Waals surface area (Å²) >= 11 is 12.0. The minimum absolute atomic E-state index is 0.126. The topological polar surface area (TPSA) is 46.9 Å². The quantitative estimate of drug-likeness (QED) is 0.943. The van der Waals surface area contributed by atoms with Gasteiger partial charge in [0.2, 0.25) is 5.91 Å². The number of carbonyl (C=O) groups is 1. The Labute approximate surface area is 121 Å². The molecule has 19 heavy (non-hydrogen) atoms. The average molecular weight is 298 g/mol. The fourth-order valence-corrected chi connectivity index (χ4v) is 2.26. The first-order valence-corrected chi connectivity index (χ1v) is 6.48. The van der Waals surface area contributed by atoms with E-state index < -0.39 is 0 Å². The lowest BCUT2D eigenvalue weighted by Gasteiger charge is -2.09. The van der Waals surface area contributed by atoms with Gasteiger partial charge in [0, 0.05) is 5.69 Å². The molecule has 0 aliphatic heterocycles. The summed E-state index contributed by atoms with van der Waals surface area (Å²) < 4.78 is 1.63. The third-order valence-corrected chi connectivity index (χ3v) is 3.25. The summed E-state index contributed by atoms with van der Waals surface area (Å²) in [4.78, 5) is 12.0. The SMILES string of the molecule is Cc1cc(C)n(CC(=O)Nc2c(Cl)cccc2Cl)n1. The number of hydrogen-bond donors (Lipinski definition) is 1. The maximum Gasteiger partial charge on any atom is 0.246 e. The van der Waals surface area contributed by atoms with Crippen LogP contribution < -0.4 is 5.32 Å². The van der Waals surface area contributed by atoms with Crippen molar-refractivity contribution in [2.45, 2.75) is 20.4 Å². The molecule has 1 aromatic carbocycles. The second kappa shape index (κ2) is 5.63. The van der Waals surface area contributed by atoms with Crippen LogP contribution in [0.2, 0.25) is 10.0 Å². The molecular formula is C13H13Cl2N3O. The summed E-state index contributed by atoms with van der Waals surface area (Å²) in [6.07, 6.45) is 0. The van der Waals surface area contributed by atoms with Crippen LogP contribution in [0.15, 0.2) is 24.3 Å². The first-order chi connectivity index (χ1) is 8.97. The zero-order chi connectivity index (χ0) is 14.0. The van der Waals surface area contributed by atoms with Crippen LogP contribution in [-0.2, 0) is 11.3 Å². The number of rotatable bonds is 3. The molecule has 6 heteroatoms. The summed E-state index contributed by atoms with van der Waals surface area (Å²) in [6.45, 7) is 3.91. The van der Waals surface area contributed by atoms with Crippen LogP contribution >= 0.6 is 23.2 Å². The van der Waals surface area contributed by atoms with Gasteiger partial charge < -0.3 is 5.32 Å². The molecule has 100 valence electrons. The van der Waals surface area contributed by atoms with E-state index in [1.807, 2.05) is 19.9 Å². The maximum absolute atomic E-state index is 12.0. The largest absolute Gasteiger partial charge is 0.322 e. The number of amides is 1. The second-order valence-corrected chi connectivity index (χ2v) is 5.04. The minimum atomic E-state index is -0.221. The summed E-state index contributed by atoms with van der Waals surface area (Å²) in [5.74, 6) is -0.221. The lowest BCUT2D eigenvalue weighted by molar-refractivity contribution is -0.116. The van der Waals surface area contributed by atoms with Gasteiger partial charge in [0.1, 0.15) is 6.54 Å². The second-order valence-electron chi connectivity index (χ2n) is 4.23. The highest BCUT2D eigenvalue weighted by Gasteiger charge is 2.11. The molecule has 0 spiro atoms. The van der Waals surface area contributed by atoms with Crippen molar-refractivity contribution in [3.63, 3.8) is 0 Å². The van der Waals surface area contributed by atoms with Gasteiger partial charge in [-0.2, -0.15) is 5.10 Å². The summed E-state index contributed by atoms with van der Waals surface area (Å²) in [5.41, 5.74) is 2.23. The molecule has 0 aliphatic carbocycles. The first kappa shape index (κ1) is 13.9. The first-order valence-electron chi connectivity index (χ1n) is 5.72. The molecule has 0 fully saturated rings. The molecule has 0 radical (unpaired) electrons. The van der Waals surface area contributed by atoms with Crippen molar-refractivity contribution >= 4 is 34.8 Å². The number of aryl methyl sites for hydroxylation is 2. The zero-order valence-corrected chi connectivity index (χ0v) is 12.1. The van der Waals surface area contributed by atoms with Gasteiger partial charge in [-0.1, -0.05) is 29.3 Å². The van der Waals surface area contributed by atoms with Gasteiger partial charge in [-0.3, -0.25) is 9.48 Å². The van der Waals surface area contributed by atoms with Crippen molar-refractivity contribution in [3.05, 3.63) is 45.7 Å². The molecule has 1 heterocycles. The minimum Gasteiger partial charge on any atom is -0.322 e. The van der Waals surface area contributed by atoms with E-state index in [-0.39, 0.29) is 12.5 Å². The van der Waals surface area contributed by atoms with E-state index in [0.29, 0.717) is 15.7 Å². The fourth-order valence-electron chi connectivity index (χ4n) is 1.77. The Morgan fingerprint density at radius 3 is 2.47 bits per heavy atom. The number of benzene rings is 1. The third-order valence-electron chi connectivity index (χ3n) is 2.62. The lowest BCUT2D eigenvalue weighted by Crippen LogP contribution is -2.20. The standard InChI is InChI=1S/C13H13Cl2N3O/c1-8-6-9(2)18(17-8)7-12(19)16-13-10(14)4-3-5-11(13)15/h3-6H,7H2,1-2H3,(H,16,19). The molecule has 1 amide bonds. The van der Waals surface area contributed by atoms with Crippen molar-refractivity contribution in [1.29, 1.82) is 0 Å². The monoisotopic (exact) mass is 297 g/mol. The van der Waals surface area contributed by atoms with Crippen molar-refractivity contribution in [3.8, 4) is 0 Å². The molecule has 2 aromatic rings. The van der Waals surface area contributed by atoms with Gasteiger partial charge in [0.05, 0.1) is 21.4 Å². The summed E-state index contributed by atoms with van der Waals surface area (Å²) in [6, 6.07) is 6.98. The Balaban J connectivity index is 2.12. The molecule has 2 rings (SSSR count). The average Bonchev–Trinajstić information content (AvgIpc) is 2.63. The van der Waals surface area contributed by atoms with Crippen molar-refractivity contribution in [1.82, 2.24) is 9.78 Å². The highest BCUT2D eigenvalue weighted by atomic mass is 35.5. The van der Waals surface area contributed by atoms with Crippen LogP contribution in [0.1, 0.15) is 11.4 Å². The highest BCUT2D eigenvalue weighted by Crippen LogP contribution is 2.29. The lowest BCUT2D eigenvalue weighted by atomic mass is 10.3. The third kappa shape index (κ3) is 3.28. The number of carbonyl (C=O) groups excluding carboxylic acids is 1. The number of nitrogens with zero attached hydrogens (tertiary/aromatic N) is 2. The van der Waals surface area contributed by atoms with Gasteiger partial charge in [-0.15, -0.1) is 0 Å². The van der Waals surface area contributed by atoms with Gasteiger partial charge in [0.15, 0.2) is 0 Å². The molecule has 0 atom stereocenters. The van der Waals surface area contributed by atoms with E-state index in [4.69, 9.17) is 23.2 Å². The zero-order valence-electron chi connectivity index (χ0n) is 10.6. The Morgan fingerprint density at radius 2 is 1.95 bits per heavy atom. The number of nitrogens with one attached hydrogen (secondary N) is 1. The molecule has 0 saturated heterocycles. The maximum atomic E-state index is 12.0. The number of halogens is 2. The number of aromatic nitrogens is 2. The molecule has 1 N–H and O–H groups in total. The van der Waals surface area contributed by atoms with Crippen LogP contribution in [0, 0.1) is 13.8 Å². The molecular weight excluding hydrogens is 285 g/mol. The van der Waals surface area contributed by atoms with Gasteiger partial charge in [-0.25, -0.2) is 0 Å². The van der Waals surface area contributed by atoms with E-state index >= 15 is 0 Å². The number of anilines is 1. The van der Waals surface area contributed by atoms with Crippen LogP contribution in [0.3, 0.4) is 0 Å². The molecule has 0 saturated carbocycles. The Kier molecular flexibility index (Phi) is 4.12. The number of para-hydroxylation sites is 1. The van der Waals surface area contributed by atoms with Crippen LogP contribution in [0.5, 0.6) is 0 Å². The van der Waals surface area contributed by atoms with Gasteiger partial charge >= 0.3 is 0 Å². The molecule has 0 unspecified atom stereocenters. The highest BCUT2D eigenvalue weighted by molar-refractivity contribution is 6.39. The normalized spacial score (nSPS) is 10.5. The van der Waals surface area contributed by atoms with E-state index in [1.165, 1.54) is 0 Å². The van der Waals surface area contributed by atoms with Crippen LogP contribution in [0.4, 0.5) is 5.69 Å². The predicted molar refractivity (Wildman–Crippen MR) is 76.8 cm³/mol. The Bertz CT molecular complexity index is 602. The smallest absolute Gasteiger partial charge is 0.246 e. The molecule has 1 aromatic heterocycles. The Hall–Kier alpha value is -1.52. The Morgan fingerprint density at radius 1 is 1.32 bits per heavy atom. The molecule has 4 nitrogen and oxygen atoms in total. The van der Waals surface area contributed by atoms with Gasteiger partial charge in [-0.05, 0) is 32.0 Å². The van der Waals surface area contributed by atoms with E-state index in [2.05, 4.69) is 10.4 Å². The van der Waals surface area contributed by atoms with Crippen molar-refractivity contribution < 1.29 is 4.79 Å². The van der Waals surface area contributed by atoms with Crippen LogP contribution in [-0.4, -0.2) is 15.7 Å². The molecule has 0 aliphatic rings. The number of hydrogen-bond acceptors (Lipinski definition) is 2. The molecule has 0 bridgehead atoms. The van der Waals surface area contributed by atoms with Crippen molar-refractivity contribution in [2.75, 3.05) is 5.32 Å². The van der Waals surface area contributed by atoms with E-state index in [1.54, 1.807) is 22.9 Å². The summed E-state index contributed by atoms with van der Waals surface area (Å²) in [5, 5.41) is 7.75. The van der Waals surface area contributed by atoms with Gasteiger partial charge in [0.25, 0.3) is 0 Å². The van der Waals surface area contributed by atoms with E-state index in [9.17, 15) is 4.79 Å². The summed E-state index contributed by atoms with van der Waals surface area (Å²) in [7, 11) is 0. The predicted octanol–water partition coefficient (Wildman–Crippen LogP) is 3.45. The van der Waals surface area contributed by atoms with Crippen molar-refractivity contribution in [2.24, 2.45) is 0 Å². The van der Waals surface area contributed by atoms with Crippen LogP contribution in [0.25, 0.3) is 0 Å². The van der Waals surface area contributed by atoms with E-state index in [0.717, 1.165) is 11.4 Å².